The Morgan fingerprint density at radius 1 is 0.976 bits per heavy atom. The molecular formula is C31H30FN7O2. The fraction of sp³-hybridized carbons (Fsp3) is 0.258. The fourth-order valence-electron chi connectivity index (χ4n) is 6.11. The van der Waals surface area contributed by atoms with Crippen molar-refractivity contribution in [3.05, 3.63) is 82.9 Å². The summed E-state index contributed by atoms with van der Waals surface area (Å²) in [5.74, 6) is 0.493. The third-order valence-corrected chi connectivity index (χ3v) is 8.30. The van der Waals surface area contributed by atoms with E-state index in [0.717, 1.165) is 46.4 Å². The van der Waals surface area contributed by atoms with E-state index >= 15 is 4.39 Å². The van der Waals surface area contributed by atoms with Gasteiger partial charge in [-0.3, -0.25) is 13.7 Å². The Labute approximate surface area is 235 Å². The average molecular weight is 552 g/mol. The van der Waals surface area contributed by atoms with Gasteiger partial charge in [-0.25, -0.2) is 19.2 Å². The third kappa shape index (κ3) is 3.97. The van der Waals surface area contributed by atoms with Crippen molar-refractivity contribution < 1.29 is 9.13 Å². The molecule has 3 aromatic heterocycles. The van der Waals surface area contributed by atoms with Crippen molar-refractivity contribution in [1.82, 2.24) is 28.2 Å². The van der Waals surface area contributed by atoms with Gasteiger partial charge in [-0.2, -0.15) is 0 Å². The molecule has 7 rings (SSSR count). The highest BCUT2D eigenvalue weighted by atomic mass is 19.1. The molecule has 0 bridgehead atoms. The maximum atomic E-state index is 15.8. The van der Waals surface area contributed by atoms with Gasteiger partial charge in [0, 0.05) is 51.7 Å². The Morgan fingerprint density at radius 2 is 1.73 bits per heavy atom. The summed E-state index contributed by atoms with van der Waals surface area (Å²) in [5.41, 5.74) is 13.2. The molecule has 0 spiro atoms. The number of hydrogen-bond acceptors (Lipinski definition) is 5. The number of halogens is 1. The van der Waals surface area contributed by atoms with Crippen LogP contribution in [0.4, 0.5) is 10.1 Å². The Balaban J connectivity index is 1.54. The lowest BCUT2D eigenvalue weighted by Gasteiger charge is -2.24. The smallest absolute Gasteiger partial charge is 0.328 e. The van der Waals surface area contributed by atoms with Crippen LogP contribution in [0.5, 0.6) is 0 Å². The highest BCUT2D eigenvalue weighted by molar-refractivity contribution is 5.90. The van der Waals surface area contributed by atoms with Gasteiger partial charge in [-0.1, -0.05) is 12.1 Å². The normalized spacial score (nSPS) is 14.4. The number of rotatable bonds is 4. The number of aryl methyl sites for hydroxylation is 3. The second-order valence-corrected chi connectivity index (χ2v) is 10.8. The molecule has 10 heteroatoms. The molecule has 0 radical (unpaired) electrons. The topological polar surface area (TPSA) is 97.8 Å². The van der Waals surface area contributed by atoms with Gasteiger partial charge >= 0.3 is 5.69 Å². The van der Waals surface area contributed by atoms with Gasteiger partial charge in [0.05, 0.1) is 40.3 Å². The summed E-state index contributed by atoms with van der Waals surface area (Å²) in [6.07, 6.45) is 5.20. The summed E-state index contributed by atoms with van der Waals surface area (Å²) in [6, 6.07) is 14.6. The van der Waals surface area contributed by atoms with Crippen molar-refractivity contribution >= 4 is 27.8 Å². The first kappa shape index (κ1) is 25.3. The Kier molecular flexibility index (Phi) is 5.83. The van der Waals surface area contributed by atoms with Gasteiger partial charge in [0.2, 0.25) is 0 Å². The molecule has 0 aliphatic carbocycles. The van der Waals surface area contributed by atoms with Crippen LogP contribution >= 0.6 is 0 Å². The van der Waals surface area contributed by atoms with Gasteiger partial charge in [0.1, 0.15) is 11.5 Å². The van der Waals surface area contributed by atoms with Crippen molar-refractivity contribution in [3.63, 3.8) is 0 Å². The molecule has 1 fully saturated rings. The van der Waals surface area contributed by atoms with Crippen molar-refractivity contribution in [1.29, 1.82) is 0 Å². The lowest BCUT2D eigenvalue weighted by molar-refractivity contribution is 0.0855. The van der Waals surface area contributed by atoms with E-state index in [1.165, 1.54) is 6.07 Å². The molecule has 1 saturated heterocycles. The van der Waals surface area contributed by atoms with Crippen molar-refractivity contribution in [2.45, 2.75) is 18.8 Å². The molecule has 0 saturated carbocycles. The van der Waals surface area contributed by atoms with Crippen LogP contribution in [0.15, 0.2) is 65.8 Å². The van der Waals surface area contributed by atoms with Crippen LogP contribution in [0.25, 0.3) is 50.4 Å². The minimum atomic E-state index is -0.363. The number of hydrogen-bond donors (Lipinski definition) is 1. The zero-order valence-electron chi connectivity index (χ0n) is 23.1. The van der Waals surface area contributed by atoms with Crippen LogP contribution < -0.4 is 11.4 Å². The fourth-order valence-corrected chi connectivity index (χ4v) is 6.11. The van der Waals surface area contributed by atoms with Crippen molar-refractivity contribution in [2.75, 3.05) is 18.9 Å². The van der Waals surface area contributed by atoms with Crippen LogP contribution in [-0.4, -0.2) is 41.5 Å². The molecule has 4 heterocycles. The largest absolute Gasteiger partial charge is 0.399 e. The van der Waals surface area contributed by atoms with Gasteiger partial charge in [0.15, 0.2) is 5.82 Å². The summed E-state index contributed by atoms with van der Waals surface area (Å²) < 4.78 is 28.7. The Bertz CT molecular complexity index is 2010. The average Bonchev–Trinajstić information content (AvgIpc) is 3.63. The number of imidazole rings is 3. The molecule has 1 aliphatic heterocycles. The maximum Gasteiger partial charge on any atom is 0.328 e. The molecule has 9 nitrogen and oxygen atoms in total. The van der Waals surface area contributed by atoms with Crippen LogP contribution in [-0.2, 0) is 25.9 Å². The van der Waals surface area contributed by atoms with E-state index in [2.05, 4.69) is 11.1 Å². The number of nitrogens with zero attached hydrogens (tertiary/aromatic N) is 6. The highest BCUT2D eigenvalue weighted by Crippen LogP contribution is 2.38. The lowest BCUT2D eigenvalue weighted by Crippen LogP contribution is -2.20. The predicted octanol–water partition coefficient (Wildman–Crippen LogP) is 4.90. The van der Waals surface area contributed by atoms with E-state index in [4.69, 9.17) is 15.5 Å². The number of nitrogen functional groups attached to an aromatic ring is 1. The molecule has 2 N–H and O–H groups in total. The highest BCUT2D eigenvalue weighted by Gasteiger charge is 2.26. The standard InChI is InChI=1S/C31H30FN7O2/c1-36-17-34-16-28(36)30-35-25-14-22(18-4-6-20(33)7-5-18)24(32)15-26(25)39(30)21-12-23(19-8-10-41-11-9-19)29-27(13-21)37(2)31(40)38(29)3/h4-7,12-17,19H,8-11,33H2,1-3H3. The van der Waals surface area contributed by atoms with E-state index < -0.39 is 0 Å². The second-order valence-electron chi connectivity index (χ2n) is 10.8. The van der Waals surface area contributed by atoms with E-state index in [0.29, 0.717) is 41.3 Å². The van der Waals surface area contributed by atoms with Gasteiger partial charge in [0.25, 0.3) is 0 Å². The maximum absolute atomic E-state index is 15.8. The second kappa shape index (κ2) is 9.45. The molecule has 208 valence electrons. The molecule has 0 amide bonds. The van der Waals surface area contributed by atoms with Crippen molar-refractivity contribution in [3.8, 4) is 28.3 Å². The monoisotopic (exact) mass is 551 g/mol. The first-order valence-electron chi connectivity index (χ1n) is 13.6. The number of aromatic nitrogens is 6. The molecular weight excluding hydrogens is 521 g/mol. The number of ether oxygens (including phenoxy) is 1. The number of benzene rings is 3. The van der Waals surface area contributed by atoms with Gasteiger partial charge < -0.3 is 15.0 Å². The zero-order chi connectivity index (χ0) is 28.4. The van der Waals surface area contributed by atoms with Crippen LogP contribution in [0, 0.1) is 5.82 Å². The van der Waals surface area contributed by atoms with E-state index in [1.54, 1.807) is 46.9 Å². The zero-order valence-corrected chi connectivity index (χ0v) is 23.1. The minimum absolute atomic E-state index is 0.0907. The van der Waals surface area contributed by atoms with E-state index in [9.17, 15) is 4.79 Å². The van der Waals surface area contributed by atoms with Crippen LogP contribution in [0.2, 0.25) is 0 Å². The Hall–Kier alpha value is -4.70. The van der Waals surface area contributed by atoms with Gasteiger partial charge in [-0.15, -0.1) is 0 Å². The molecule has 3 aromatic carbocycles. The summed E-state index contributed by atoms with van der Waals surface area (Å²) in [6.45, 7) is 1.34. The first-order chi connectivity index (χ1) is 19.8. The summed E-state index contributed by atoms with van der Waals surface area (Å²) in [7, 11) is 5.51. The SMILES string of the molecule is Cn1cncc1-c1nc2cc(-c3ccc(N)cc3)c(F)cc2n1-c1cc(C2CCOCC2)c2c(c1)n(C)c(=O)n2C. The summed E-state index contributed by atoms with van der Waals surface area (Å²) in [4.78, 5) is 22.4. The van der Waals surface area contributed by atoms with Crippen LogP contribution in [0.3, 0.4) is 0 Å². The van der Waals surface area contributed by atoms with Crippen LogP contribution in [0.1, 0.15) is 24.3 Å². The molecule has 1 aliphatic rings. The minimum Gasteiger partial charge on any atom is -0.399 e. The quantitative estimate of drug-likeness (QED) is 0.315. The molecule has 41 heavy (non-hydrogen) atoms. The summed E-state index contributed by atoms with van der Waals surface area (Å²) >= 11 is 0. The number of anilines is 1. The predicted molar refractivity (Wildman–Crippen MR) is 158 cm³/mol. The van der Waals surface area contributed by atoms with Crippen molar-refractivity contribution in [2.24, 2.45) is 21.1 Å². The molecule has 6 aromatic rings. The summed E-state index contributed by atoms with van der Waals surface area (Å²) in [5, 5.41) is 0. The number of nitrogens with two attached hydrogens (primary N) is 1. The Morgan fingerprint density at radius 3 is 2.44 bits per heavy atom. The number of fused-ring (bicyclic) bond motifs is 2. The van der Waals surface area contributed by atoms with Gasteiger partial charge in [-0.05, 0) is 60.2 Å². The lowest BCUT2D eigenvalue weighted by atomic mass is 9.90. The molecule has 0 unspecified atom stereocenters. The first-order valence-corrected chi connectivity index (χ1v) is 13.6. The third-order valence-electron chi connectivity index (χ3n) is 8.30. The van der Waals surface area contributed by atoms with E-state index in [-0.39, 0.29) is 17.4 Å². The molecule has 0 atom stereocenters. The van der Waals surface area contributed by atoms with E-state index in [1.807, 2.05) is 41.4 Å².